The van der Waals surface area contributed by atoms with E-state index in [4.69, 9.17) is 28.9 Å². The van der Waals surface area contributed by atoms with Gasteiger partial charge in [0, 0.05) is 18.1 Å². The summed E-state index contributed by atoms with van der Waals surface area (Å²) in [6.45, 7) is 0.258. The van der Waals surface area contributed by atoms with Crippen molar-refractivity contribution in [2.75, 3.05) is 25.9 Å². The average molecular weight is 353 g/mol. The molecule has 0 spiro atoms. The fraction of sp³-hybridized carbons (Fsp3) is 0.417. The van der Waals surface area contributed by atoms with Gasteiger partial charge in [0.2, 0.25) is 10.0 Å². The number of hydrogen-bond donors (Lipinski definition) is 1. The number of hydrogen-bond acceptors (Lipinski definition) is 5. The molecule has 0 aromatic heterocycles. The van der Waals surface area contributed by atoms with E-state index in [0.717, 1.165) is 0 Å². The molecule has 0 amide bonds. The molecule has 6 nitrogen and oxygen atoms in total. The predicted octanol–water partition coefficient (Wildman–Crippen LogP) is 1.76. The molecule has 116 valence electrons. The lowest BCUT2D eigenvalue weighted by Crippen LogP contribution is -2.31. The summed E-state index contributed by atoms with van der Waals surface area (Å²) in [5.41, 5.74) is 5.71. The number of rotatable bonds is 3. The minimum Gasteiger partial charge on any atom is -0.469 e. The SMILES string of the molecule is COC(=O)C1CCN(S(=O)(=O)c2c(N)cc(Cl)cc2Cl)C1. The fourth-order valence-electron chi connectivity index (χ4n) is 2.29. The van der Waals surface area contributed by atoms with Crippen LogP contribution in [0.3, 0.4) is 0 Å². The summed E-state index contributed by atoms with van der Waals surface area (Å²) in [6.07, 6.45) is 0.400. The van der Waals surface area contributed by atoms with Crippen molar-refractivity contribution in [3.8, 4) is 0 Å². The number of esters is 1. The number of ether oxygens (including phenoxy) is 1. The molecule has 0 saturated carbocycles. The second-order valence-corrected chi connectivity index (χ2v) is 7.40. The number of carbonyl (C=O) groups excluding carboxylic acids is 1. The number of carbonyl (C=O) groups is 1. The molecule has 1 heterocycles. The van der Waals surface area contributed by atoms with Crippen LogP contribution in [0.4, 0.5) is 5.69 Å². The van der Waals surface area contributed by atoms with Gasteiger partial charge in [0.15, 0.2) is 0 Å². The van der Waals surface area contributed by atoms with Crippen LogP contribution in [0, 0.1) is 5.92 Å². The molecule has 1 aromatic carbocycles. The highest BCUT2D eigenvalue weighted by atomic mass is 35.5. The maximum atomic E-state index is 12.6. The van der Waals surface area contributed by atoms with E-state index in [1.54, 1.807) is 0 Å². The summed E-state index contributed by atoms with van der Waals surface area (Å²) in [7, 11) is -2.61. The van der Waals surface area contributed by atoms with Crippen LogP contribution >= 0.6 is 23.2 Å². The largest absolute Gasteiger partial charge is 0.469 e. The van der Waals surface area contributed by atoms with Crippen molar-refractivity contribution in [3.05, 3.63) is 22.2 Å². The molecular formula is C12H14Cl2N2O4S. The Balaban J connectivity index is 2.34. The Morgan fingerprint density at radius 1 is 1.43 bits per heavy atom. The third kappa shape index (κ3) is 3.11. The fourth-order valence-corrected chi connectivity index (χ4v) is 4.73. The molecule has 1 aliphatic heterocycles. The standard InChI is InChI=1S/C12H14Cl2N2O4S/c1-20-12(17)7-2-3-16(6-7)21(18,19)11-9(14)4-8(13)5-10(11)15/h4-5,7H,2-3,6,15H2,1H3. The van der Waals surface area contributed by atoms with Crippen molar-refractivity contribution in [1.82, 2.24) is 4.31 Å². The van der Waals surface area contributed by atoms with E-state index in [-0.39, 0.29) is 33.7 Å². The molecule has 1 saturated heterocycles. The third-order valence-corrected chi connectivity index (χ3v) is 5.93. The zero-order valence-electron chi connectivity index (χ0n) is 11.2. The Kier molecular flexibility index (Phi) is 4.67. The first kappa shape index (κ1) is 16.4. The highest BCUT2D eigenvalue weighted by Crippen LogP contribution is 2.35. The molecule has 0 aliphatic carbocycles. The Hall–Kier alpha value is -1.02. The summed E-state index contributed by atoms with van der Waals surface area (Å²) in [5.74, 6) is -0.903. The summed E-state index contributed by atoms with van der Waals surface area (Å²) < 4.78 is 31.0. The Morgan fingerprint density at radius 3 is 2.67 bits per heavy atom. The van der Waals surface area contributed by atoms with Crippen LogP contribution in [0.1, 0.15) is 6.42 Å². The van der Waals surface area contributed by atoms with Crippen LogP contribution < -0.4 is 5.73 Å². The summed E-state index contributed by atoms with van der Waals surface area (Å²) in [5, 5.41) is 0.215. The summed E-state index contributed by atoms with van der Waals surface area (Å²) >= 11 is 11.7. The highest BCUT2D eigenvalue weighted by Gasteiger charge is 2.38. The zero-order valence-corrected chi connectivity index (χ0v) is 13.5. The van der Waals surface area contributed by atoms with E-state index in [9.17, 15) is 13.2 Å². The Morgan fingerprint density at radius 2 is 2.10 bits per heavy atom. The van der Waals surface area contributed by atoms with E-state index >= 15 is 0 Å². The lowest BCUT2D eigenvalue weighted by atomic mass is 10.1. The molecule has 9 heteroatoms. The smallest absolute Gasteiger partial charge is 0.310 e. The van der Waals surface area contributed by atoms with Crippen molar-refractivity contribution < 1.29 is 17.9 Å². The van der Waals surface area contributed by atoms with Crippen molar-refractivity contribution in [2.45, 2.75) is 11.3 Å². The number of halogens is 2. The van der Waals surface area contributed by atoms with Crippen molar-refractivity contribution in [3.63, 3.8) is 0 Å². The molecule has 1 atom stereocenters. The second-order valence-electron chi connectivity index (χ2n) is 4.68. The van der Waals surface area contributed by atoms with Crippen LogP contribution in [0.2, 0.25) is 10.0 Å². The normalized spacial score (nSPS) is 19.7. The number of sulfonamides is 1. The van der Waals surface area contributed by atoms with Gasteiger partial charge in [-0.1, -0.05) is 23.2 Å². The Labute approximate surface area is 132 Å². The molecule has 0 radical (unpaired) electrons. The molecule has 0 bridgehead atoms. The maximum Gasteiger partial charge on any atom is 0.310 e. The number of nitrogen functional groups attached to an aromatic ring is 1. The molecule has 1 fully saturated rings. The molecule has 1 aliphatic rings. The monoisotopic (exact) mass is 352 g/mol. The van der Waals surface area contributed by atoms with E-state index in [0.29, 0.717) is 6.42 Å². The number of nitrogens with two attached hydrogens (primary N) is 1. The quantitative estimate of drug-likeness (QED) is 0.661. The molecule has 21 heavy (non-hydrogen) atoms. The van der Waals surface area contributed by atoms with E-state index in [1.165, 1.54) is 23.5 Å². The molecule has 2 rings (SSSR count). The lowest BCUT2D eigenvalue weighted by molar-refractivity contribution is -0.144. The first-order chi connectivity index (χ1) is 9.77. The van der Waals surface area contributed by atoms with Gasteiger partial charge in [-0.25, -0.2) is 8.42 Å². The van der Waals surface area contributed by atoms with E-state index < -0.39 is 21.9 Å². The van der Waals surface area contributed by atoms with E-state index in [2.05, 4.69) is 4.74 Å². The van der Waals surface area contributed by atoms with Crippen LogP contribution in [0.5, 0.6) is 0 Å². The van der Waals surface area contributed by atoms with Crippen LogP contribution in [-0.2, 0) is 19.6 Å². The minimum atomic E-state index is -3.88. The molecule has 2 N–H and O–H groups in total. The summed E-state index contributed by atoms with van der Waals surface area (Å²) in [4.78, 5) is 11.3. The van der Waals surface area contributed by atoms with Crippen LogP contribution in [-0.4, -0.2) is 38.9 Å². The van der Waals surface area contributed by atoms with Gasteiger partial charge in [-0.05, 0) is 18.6 Å². The van der Waals surface area contributed by atoms with Gasteiger partial charge in [0.05, 0.1) is 23.7 Å². The van der Waals surface area contributed by atoms with Crippen molar-refractivity contribution in [2.24, 2.45) is 5.92 Å². The second kappa shape index (κ2) is 6.00. The van der Waals surface area contributed by atoms with Crippen molar-refractivity contribution in [1.29, 1.82) is 0 Å². The topological polar surface area (TPSA) is 89.7 Å². The zero-order chi connectivity index (χ0) is 15.8. The van der Waals surface area contributed by atoms with Crippen LogP contribution in [0.15, 0.2) is 17.0 Å². The Bertz CT molecular complexity index is 655. The number of nitrogens with zero attached hydrogens (tertiary/aromatic N) is 1. The highest BCUT2D eigenvalue weighted by molar-refractivity contribution is 7.89. The average Bonchev–Trinajstić information content (AvgIpc) is 2.86. The van der Waals surface area contributed by atoms with Gasteiger partial charge in [-0.15, -0.1) is 0 Å². The molecule has 1 unspecified atom stereocenters. The number of methoxy groups -OCH3 is 1. The van der Waals surface area contributed by atoms with Gasteiger partial charge in [-0.2, -0.15) is 4.31 Å². The molecular weight excluding hydrogens is 339 g/mol. The van der Waals surface area contributed by atoms with Crippen molar-refractivity contribution >= 4 is 44.9 Å². The van der Waals surface area contributed by atoms with Gasteiger partial charge in [0.25, 0.3) is 0 Å². The molecule has 1 aromatic rings. The first-order valence-electron chi connectivity index (χ1n) is 6.10. The van der Waals surface area contributed by atoms with Gasteiger partial charge < -0.3 is 10.5 Å². The van der Waals surface area contributed by atoms with Gasteiger partial charge in [-0.3, -0.25) is 4.79 Å². The predicted molar refractivity (Wildman–Crippen MR) is 79.8 cm³/mol. The third-order valence-electron chi connectivity index (χ3n) is 3.32. The van der Waals surface area contributed by atoms with Crippen LogP contribution in [0.25, 0.3) is 0 Å². The minimum absolute atomic E-state index is 0.0194. The first-order valence-corrected chi connectivity index (χ1v) is 8.29. The lowest BCUT2D eigenvalue weighted by Gasteiger charge is -2.18. The number of anilines is 1. The maximum absolute atomic E-state index is 12.6. The van der Waals surface area contributed by atoms with Gasteiger partial charge in [0.1, 0.15) is 4.90 Å². The van der Waals surface area contributed by atoms with Gasteiger partial charge >= 0.3 is 5.97 Å². The number of benzene rings is 1. The summed E-state index contributed by atoms with van der Waals surface area (Å²) in [6, 6.07) is 2.65. The van der Waals surface area contributed by atoms with E-state index in [1.807, 2.05) is 0 Å².